The molecule has 0 fully saturated rings. The van der Waals surface area contributed by atoms with Crippen LogP contribution in [-0.4, -0.2) is 18.0 Å². The topological polar surface area (TPSA) is 38.7 Å². The zero-order valence-electron chi connectivity index (χ0n) is 21.3. The first-order valence-electron chi connectivity index (χ1n) is 12.6. The molecule has 3 aromatic rings. The van der Waals surface area contributed by atoms with Gasteiger partial charge in [0.05, 0.1) is 0 Å². The van der Waals surface area contributed by atoms with Gasteiger partial charge in [-0.05, 0) is 91.3 Å². The summed E-state index contributed by atoms with van der Waals surface area (Å²) in [6.07, 6.45) is 2.91. The first-order chi connectivity index (χ1) is 16.3. The molecule has 0 spiro atoms. The predicted molar refractivity (Wildman–Crippen MR) is 141 cm³/mol. The van der Waals surface area contributed by atoms with Gasteiger partial charge in [0, 0.05) is 6.61 Å². The van der Waals surface area contributed by atoms with Crippen LogP contribution in [0.1, 0.15) is 82.4 Å². The van der Waals surface area contributed by atoms with Gasteiger partial charge in [0.2, 0.25) is 0 Å². The van der Waals surface area contributed by atoms with Crippen LogP contribution >= 0.6 is 0 Å². The van der Waals surface area contributed by atoms with Crippen LogP contribution in [0.4, 0.5) is 0 Å². The van der Waals surface area contributed by atoms with Crippen molar-refractivity contribution >= 4 is 0 Å². The number of hydrogen-bond acceptors (Lipinski definition) is 3. The van der Waals surface area contributed by atoms with Crippen LogP contribution in [-0.2, 0) is 10.2 Å². The molecule has 34 heavy (non-hydrogen) atoms. The van der Waals surface area contributed by atoms with Crippen molar-refractivity contribution in [1.29, 1.82) is 0 Å². The molecular formula is C31H40O3. The van der Waals surface area contributed by atoms with Gasteiger partial charge in [-0.2, -0.15) is 0 Å². The normalized spacial score (nSPS) is 15.8. The van der Waals surface area contributed by atoms with E-state index in [0.717, 1.165) is 25.0 Å². The average Bonchev–Trinajstić information content (AvgIpc) is 2.85. The van der Waals surface area contributed by atoms with E-state index in [1.807, 2.05) is 26.0 Å². The minimum absolute atomic E-state index is 0.0826. The summed E-state index contributed by atoms with van der Waals surface area (Å²) in [6.45, 7) is 11.5. The molecular weight excluding hydrogens is 420 g/mol. The van der Waals surface area contributed by atoms with Gasteiger partial charge in [-0.15, -0.1) is 0 Å². The summed E-state index contributed by atoms with van der Waals surface area (Å²) in [5, 5.41) is 9.71. The van der Waals surface area contributed by atoms with Gasteiger partial charge in [-0.3, -0.25) is 0 Å². The lowest BCUT2D eigenvalue weighted by Crippen LogP contribution is -2.25. The Kier molecular flexibility index (Phi) is 9.18. The van der Waals surface area contributed by atoms with Crippen LogP contribution < -0.4 is 4.74 Å². The Morgan fingerprint density at radius 3 is 2.03 bits per heavy atom. The van der Waals surface area contributed by atoms with Gasteiger partial charge >= 0.3 is 0 Å². The maximum absolute atomic E-state index is 9.71. The second-order valence-corrected chi connectivity index (χ2v) is 9.62. The maximum atomic E-state index is 9.71. The lowest BCUT2D eigenvalue weighted by atomic mass is 9.70. The number of phenols is 1. The number of ether oxygens (including phenoxy) is 2. The highest BCUT2D eigenvalue weighted by Crippen LogP contribution is 2.42. The lowest BCUT2D eigenvalue weighted by Gasteiger charge is -2.35. The number of hydrogen-bond donors (Lipinski definition) is 1. The Bertz CT molecular complexity index is 981. The number of aromatic hydroxyl groups is 1. The van der Waals surface area contributed by atoms with Gasteiger partial charge < -0.3 is 14.6 Å². The van der Waals surface area contributed by atoms with E-state index in [1.165, 1.54) is 16.7 Å². The Balaban J connectivity index is 1.87. The third-order valence-electron chi connectivity index (χ3n) is 7.10. The van der Waals surface area contributed by atoms with Crippen molar-refractivity contribution in [3.8, 4) is 11.5 Å². The first kappa shape index (κ1) is 25.8. The van der Waals surface area contributed by atoms with Crippen molar-refractivity contribution in [2.24, 2.45) is 0 Å². The first-order valence-corrected chi connectivity index (χ1v) is 12.6. The van der Waals surface area contributed by atoms with Crippen LogP contribution in [0.2, 0.25) is 0 Å². The molecule has 0 aliphatic rings. The second-order valence-electron chi connectivity index (χ2n) is 9.62. The highest BCUT2D eigenvalue weighted by atomic mass is 16.7. The Labute approximate surface area is 205 Å². The molecule has 3 rings (SSSR count). The molecule has 1 N–H and O–H groups in total. The molecule has 0 saturated heterocycles. The summed E-state index contributed by atoms with van der Waals surface area (Å²) in [4.78, 5) is 0. The van der Waals surface area contributed by atoms with E-state index in [2.05, 4.69) is 75.4 Å². The van der Waals surface area contributed by atoms with Crippen LogP contribution in [0.15, 0.2) is 78.9 Å². The smallest absolute Gasteiger partial charge is 0.196 e. The van der Waals surface area contributed by atoms with Gasteiger partial charge in [0.1, 0.15) is 11.5 Å². The van der Waals surface area contributed by atoms with Crippen molar-refractivity contribution < 1.29 is 14.6 Å². The van der Waals surface area contributed by atoms with Crippen molar-refractivity contribution in [3.05, 3.63) is 95.6 Å². The van der Waals surface area contributed by atoms with Gasteiger partial charge in [0.15, 0.2) is 6.29 Å². The van der Waals surface area contributed by atoms with E-state index in [0.29, 0.717) is 24.2 Å². The SMILES string of the molecule is CCOC(C)Oc1ccc(C(CC(C)c2ccc(O)cc2)CC(C)(CC)c2ccccc2)cc1. The molecule has 0 heterocycles. The van der Waals surface area contributed by atoms with Gasteiger partial charge in [-0.1, -0.05) is 75.4 Å². The van der Waals surface area contributed by atoms with Crippen LogP contribution in [0, 0.1) is 0 Å². The molecule has 3 nitrogen and oxygen atoms in total. The van der Waals surface area contributed by atoms with Crippen LogP contribution in [0.25, 0.3) is 0 Å². The van der Waals surface area contributed by atoms with Crippen molar-refractivity contribution in [2.75, 3.05) is 6.61 Å². The Morgan fingerprint density at radius 2 is 1.44 bits per heavy atom. The summed E-state index contributed by atoms with van der Waals surface area (Å²) >= 11 is 0. The molecule has 4 unspecified atom stereocenters. The molecule has 0 radical (unpaired) electrons. The maximum Gasteiger partial charge on any atom is 0.196 e. The number of phenolic OH excluding ortho intramolecular Hbond substituents is 1. The summed E-state index contributed by atoms with van der Waals surface area (Å²) in [6, 6.07) is 27.1. The summed E-state index contributed by atoms with van der Waals surface area (Å²) in [7, 11) is 0. The zero-order chi connectivity index (χ0) is 24.6. The zero-order valence-corrected chi connectivity index (χ0v) is 21.3. The Hall–Kier alpha value is -2.78. The van der Waals surface area contributed by atoms with Gasteiger partial charge in [0.25, 0.3) is 0 Å². The highest BCUT2D eigenvalue weighted by molar-refractivity contribution is 5.33. The van der Waals surface area contributed by atoms with Crippen molar-refractivity contribution in [2.45, 2.75) is 77.4 Å². The molecule has 182 valence electrons. The quantitative estimate of drug-likeness (QED) is 0.277. The minimum atomic E-state index is -0.261. The molecule has 0 aliphatic heterocycles. The fourth-order valence-corrected chi connectivity index (χ4v) is 4.83. The fourth-order valence-electron chi connectivity index (χ4n) is 4.83. The summed E-state index contributed by atoms with van der Waals surface area (Å²) < 4.78 is 11.4. The average molecular weight is 461 g/mol. The second kappa shape index (κ2) is 12.1. The van der Waals surface area contributed by atoms with E-state index in [4.69, 9.17) is 9.47 Å². The van der Waals surface area contributed by atoms with E-state index < -0.39 is 0 Å². The van der Waals surface area contributed by atoms with Crippen molar-refractivity contribution in [1.82, 2.24) is 0 Å². The monoisotopic (exact) mass is 460 g/mol. The van der Waals surface area contributed by atoms with Crippen LogP contribution in [0.5, 0.6) is 11.5 Å². The molecule has 0 bridgehead atoms. The minimum Gasteiger partial charge on any atom is -0.508 e. The predicted octanol–water partition coefficient (Wildman–Crippen LogP) is 8.19. The highest BCUT2D eigenvalue weighted by Gasteiger charge is 2.30. The molecule has 4 atom stereocenters. The van der Waals surface area contributed by atoms with E-state index in [9.17, 15) is 5.11 Å². The number of benzene rings is 3. The summed E-state index contributed by atoms with van der Waals surface area (Å²) in [5.41, 5.74) is 4.06. The molecule has 3 aromatic carbocycles. The molecule has 3 heteroatoms. The number of rotatable bonds is 12. The third-order valence-corrected chi connectivity index (χ3v) is 7.10. The Morgan fingerprint density at radius 1 is 0.824 bits per heavy atom. The lowest BCUT2D eigenvalue weighted by molar-refractivity contribution is -0.0613. The van der Waals surface area contributed by atoms with E-state index in [1.54, 1.807) is 12.1 Å². The molecule has 0 aromatic heterocycles. The van der Waals surface area contributed by atoms with Crippen molar-refractivity contribution in [3.63, 3.8) is 0 Å². The van der Waals surface area contributed by atoms with E-state index >= 15 is 0 Å². The third kappa shape index (κ3) is 6.87. The largest absolute Gasteiger partial charge is 0.508 e. The standard InChI is InChI=1S/C31H40O3/c1-6-31(5,28-11-9-8-10-12-28)22-27(21-23(3)25-13-17-29(32)18-14-25)26-15-19-30(20-16-26)34-24(4)33-7-2/h8-20,23-24,27,32H,6-7,21-22H2,1-5H3. The molecule has 0 saturated carbocycles. The van der Waals surface area contributed by atoms with E-state index in [-0.39, 0.29) is 11.7 Å². The molecule has 0 aliphatic carbocycles. The molecule has 0 amide bonds. The fraction of sp³-hybridized carbons (Fsp3) is 0.419. The summed E-state index contributed by atoms with van der Waals surface area (Å²) in [5.74, 6) is 1.90. The van der Waals surface area contributed by atoms with Gasteiger partial charge in [-0.25, -0.2) is 0 Å². The van der Waals surface area contributed by atoms with Crippen LogP contribution in [0.3, 0.4) is 0 Å².